The summed E-state index contributed by atoms with van der Waals surface area (Å²) < 4.78 is 21.8. The van der Waals surface area contributed by atoms with Gasteiger partial charge in [-0.15, -0.1) is 5.10 Å². The SMILES string of the molecule is Nc1snnc1COc1ccc(F)cc1Cl. The first kappa shape index (κ1) is 11.1. The van der Waals surface area contributed by atoms with Crippen LogP contribution >= 0.6 is 23.1 Å². The fraction of sp³-hybridized carbons (Fsp3) is 0.111. The zero-order valence-electron chi connectivity index (χ0n) is 7.98. The van der Waals surface area contributed by atoms with Crippen LogP contribution in [0.5, 0.6) is 5.75 Å². The molecule has 1 aromatic carbocycles. The molecule has 0 fully saturated rings. The van der Waals surface area contributed by atoms with Crippen molar-refractivity contribution in [2.75, 3.05) is 5.73 Å². The van der Waals surface area contributed by atoms with Crippen LogP contribution in [0.3, 0.4) is 0 Å². The third-order valence-electron chi connectivity index (χ3n) is 1.84. The number of rotatable bonds is 3. The van der Waals surface area contributed by atoms with Gasteiger partial charge in [-0.05, 0) is 18.2 Å². The molecule has 2 rings (SSSR count). The molecule has 4 nitrogen and oxygen atoms in total. The van der Waals surface area contributed by atoms with E-state index in [1.165, 1.54) is 18.2 Å². The quantitative estimate of drug-likeness (QED) is 0.920. The predicted octanol–water partition coefficient (Wildman–Crippen LogP) is 2.49. The number of nitrogens with two attached hydrogens (primary N) is 1. The monoisotopic (exact) mass is 259 g/mol. The van der Waals surface area contributed by atoms with Crippen LogP contribution in [0.2, 0.25) is 5.02 Å². The van der Waals surface area contributed by atoms with Gasteiger partial charge in [0.15, 0.2) is 0 Å². The summed E-state index contributed by atoms with van der Waals surface area (Å²) >= 11 is 6.87. The highest BCUT2D eigenvalue weighted by Crippen LogP contribution is 2.26. The van der Waals surface area contributed by atoms with Crippen molar-refractivity contribution in [2.24, 2.45) is 0 Å². The second-order valence-corrected chi connectivity index (χ2v) is 4.14. The zero-order chi connectivity index (χ0) is 11.5. The molecule has 84 valence electrons. The lowest BCUT2D eigenvalue weighted by Gasteiger charge is -2.06. The van der Waals surface area contributed by atoms with Gasteiger partial charge in [-0.25, -0.2) is 4.39 Å². The highest BCUT2D eigenvalue weighted by Gasteiger charge is 2.07. The number of nitrogen functional groups attached to an aromatic ring is 1. The molecule has 0 amide bonds. The highest BCUT2D eigenvalue weighted by atomic mass is 35.5. The maximum atomic E-state index is 12.7. The van der Waals surface area contributed by atoms with Crippen LogP contribution in [0.4, 0.5) is 9.39 Å². The number of halogens is 2. The molecule has 0 aliphatic carbocycles. The molecule has 0 aliphatic rings. The van der Waals surface area contributed by atoms with Gasteiger partial charge in [0.05, 0.1) is 5.02 Å². The summed E-state index contributed by atoms with van der Waals surface area (Å²) in [6, 6.07) is 3.90. The van der Waals surface area contributed by atoms with Crippen LogP contribution < -0.4 is 10.5 Å². The maximum absolute atomic E-state index is 12.7. The van der Waals surface area contributed by atoms with Crippen molar-refractivity contribution in [3.05, 3.63) is 34.7 Å². The number of anilines is 1. The topological polar surface area (TPSA) is 61.0 Å². The zero-order valence-corrected chi connectivity index (χ0v) is 9.56. The minimum absolute atomic E-state index is 0.160. The molecule has 1 heterocycles. The Morgan fingerprint density at radius 3 is 2.94 bits per heavy atom. The lowest BCUT2D eigenvalue weighted by molar-refractivity contribution is 0.301. The maximum Gasteiger partial charge on any atom is 0.138 e. The van der Waals surface area contributed by atoms with E-state index in [-0.39, 0.29) is 11.6 Å². The standard InChI is InChI=1S/C9H7ClFN3OS/c10-6-3-5(11)1-2-8(6)15-4-7-9(12)16-14-13-7/h1-3H,4,12H2. The molecule has 0 atom stereocenters. The Morgan fingerprint density at radius 1 is 1.50 bits per heavy atom. The van der Waals surface area contributed by atoms with E-state index in [4.69, 9.17) is 22.1 Å². The summed E-state index contributed by atoms with van der Waals surface area (Å²) in [5.41, 5.74) is 6.13. The molecule has 0 bridgehead atoms. The molecular weight excluding hydrogens is 253 g/mol. The van der Waals surface area contributed by atoms with Crippen molar-refractivity contribution in [2.45, 2.75) is 6.61 Å². The van der Waals surface area contributed by atoms with Crippen molar-refractivity contribution in [3.63, 3.8) is 0 Å². The van der Waals surface area contributed by atoms with E-state index in [1.807, 2.05) is 0 Å². The van der Waals surface area contributed by atoms with Crippen LogP contribution in [0.25, 0.3) is 0 Å². The molecule has 0 unspecified atom stereocenters. The molecule has 0 saturated carbocycles. The summed E-state index contributed by atoms with van der Waals surface area (Å²) in [5, 5.41) is 4.49. The number of ether oxygens (including phenoxy) is 1. The molecule has 2 aromatic rings. The van der Waals surface area contributed by atoms with E-state index < -0.39 is 5.82 Å². The van der Waals surface area contributed by atoms with E-state index in [1.54, 1.807) is 0 Å². The average molecular weight is 260 g/mol. The second-order valence-electron chi connectivity index (χ2n) is 2.95. The number of hydrogen-bond acceptors (Lipinski definition) is 5. The largest absolute Gasteiger partial charge is 0.486 e. The Morgan fingerprint density at radius 2 is 2.31 bits per heavy atom. The number of nitrogens with zero attached hydrogens (tertiary/aromatic N) is 2. The molecule has 2 N–H and O–H groups in total. The molecule has 16 heavy (non-hydrogen) atoms. The van der Waals surface area contributed by atoms with Crippen LogP contribution in [0.15, 0.2) is 18.2 Å². The first-order valence-corrected chi connectivity index (χ1v) is 5.46. The Labute approximate surface area is 100.0 Å². The van der Waals surface area contributed by atoms with E-state index in [9.17, 15) is 4.39 Å². The fourth-order valence-electron chi connectivity index (χ4n) is 1.05. The molecule has 0 radical (unpaired) electrons. The molecule has 0 spiro atoms. The van der Waals surface area contributed by atoms with Crippen molar-refractivity contribution < 1.29 is 9.13 Å². The predicted molar refractivity (Wildman–Crippen MR) is 60.1 cm³/mol. The Balaban J connectivity index is 2.08. The minimum atomic E-state index is -0.410. The highest BCUT2D eigenvalue weighted by molar-refractivity contribution is 7.09. The molecule has 0 aliphatic heterocycles. The van der Waals surface area contributed by atoms with Gasteiger partial charge in [-0.1, -0.05) is 16.1 Å². The second kappa shape index (κ2) is 4.63. The lowest BCUT2D eigenvalue weighted by Crippen LogP contribution is -1.99. The summed E-state index contributed by atoms with van der Waals surface area (Å²) in [4.78, 5) is 0. The van der Waals surface area contributed by atoms with Crippen LogP contribution in [-0.4, -0.2) is 9.59 Å². The Bertz CT molecular complexity index is 505. The van der Waals surface area contributed by atoms with Gasteiger partial charge in [0.2, 0.25) is 0 Å². The lowest BCUT2D eigenvalue weighted by atomic mass is 10.3. The van der Waals surface area contributed by atoms with Gasteiger partial charge in [-0.3, -0.25) is 0 Å². The van der Waals surface area contributed by atoms with Crippen LogP contribution in [-0.2, 0) is 6.61 Å². The van der Waals surface area contributed by atoms with Gasteiger partial charge in [0.1, 0.15) is 28.9 Å². The van der Waals surface area contributed by atoms with E-state index >= 15 is 0 Å². The minimum Gasteiger partial charge on any atom is -0.486 e. The summed E-state index contributed by atoms with van der Waals surface area (Å²) in [5.74, 6) is -0.0253. The third kappa shape index (κ3) is 2.40. The first-order chi connectivity index (χ1) is 7.66. The smallest absolute Gasteiger partial charge is 0.138 e. The van der Waals surface area contributed by atoms with Crippen molar-refractivity contribution in [3.8, 4) is 5.75 Å². The molecular formula is C9H7ClFN3OS. The van der Waals surface area contributed by atoms with Gasteiger partial charge in [0.25, 0.3) is 0 Å². The Hall–Kier alpha value is -1.40. The van der Waals surface area contributed by atoms with Gasteiger partial charge in [-0.2, -0.15) is 0 Å². The Kier molecular flexibility index (Phi) is 3.21. The summed E-state index contributed by atoms with van der Waals surface area (Å²) in [6.07, 6.45) is 0. The number of benzene rings is 1. The number of hydrogen-bond donors (Lipinski definition) is 1. The first-order valence-electron chi connectivity index (χ1n) is 4.31. The van der Waals surface area contributed by atoms with Crippen molar-refractivity contribution >= 4 is 28.1 Å². The third-order valence-corrected chi connectivity index (χ3v) is 2.73. The fourth-order valence-corrected chi connectivity index (χ4v) is 1.71. The summed E-state index contributed by atoms with van der Waals surface area (Å²) in [7, 11) is 0. The van der Waals surface area contributed by atoms with E-state index in [2.05, 4.69) is 9.59 Å². The van der Waals surface area contributed by atoms with Crippen molar-refractivity contribution in [1.82, 2.24) is 9.59 Å². The van der Waals surface area contributed by atoms with Gasteiger partial charge in [0, 0.05) is 11.5 Å². The van der Waals surface area contributed by atoms with E-state index in [0.717, 1.165) is 11.5 Å². The van der Waals surface area contributed by atoms with E-state index in [0.29, 0.717) is 16.4 Å². The molecule has 0 saturated heterocycles. The molecule has 7 heteroatoms. The molecule has 1 aromatic heterocycles. The summed E-state index contributed by atoms with van der Waals surface area (Å²) in [6.45, 7) is 0.160. The van der Waals surface area contributed by atoms with Gasteiger partial charge >= 0.3 is 0 Å². The van der Waals surface area contributed by atoms with Crippen LogP contribution in [0, 0.1) is 5.82 Å². The normalized spacial score (nSPS) is 10.4. The average Bonchev–Trinajstić information content (AvgIpc) is 2.63. The number of aromatic nitrogens is 2. The van der Waals surface area contributed by atoms with Crippen LogP contribution in [0.1, 0.15) is 5.69 Å². The van der Waals surface area contributed by atoms with Crippen molar-refractivity contribution in [1.29, 1.82) is 0 Å². The van der Waals surface area contributed by atoms with Gasteiger partial charge < -0.3 is 10.5 Å².